The number of hydroxylamine groups is 2. The van der Waals surface area contributed by atoms with E-state index in [-0.39, 0.29) is 30.0 Å². The lowest BCUT2D eigenvalue weighted by Crippen LogP contribution is -2.69. The average Bonchev–Trinajstić information content (AvgIpc) is 3.17. The molecule has 0 aromatic heterocycles. The summed E-state index contributed by atoms with van der Waals surface area (Å²) in [4.78, 5) is 20.6. The maximum absolute atomic E-state index is 12.6. The minimum Gasteiger partial charge on any atom is -0.497 e. The van der Waals surface area contributed by atoms with Crippen molar-refractivity contribution in [3.05, 3.63) is 60.2 Å². The molecule has 3 aliphatic rings. The molecule has 0 N–H and O–H groups in total. The maximum atomic E-state index is 12.6. The second-order valence-corrected chi connectivity index (χ2v) is 6.93. The van der Waals surface area contributed by atoms with Crippen LogP contribution in [0.5, 0.6) is 5.75 Å². The van der Waals surface area contributed by atoms with Crippen molar-refractivity contribution >= 4 is 11.6 Å². The molecule has 3 fully saturated rings. The van der Waals surface area contributed by atoms with Crippen LogP contribution in [0.15, 0.2) is 54.6 Å². The predicted molar refractivity (Wildman–Crippen MR) is 93.0 cm³/mol. The smallest absolute Gasteiger partial charge is 0.235 e. The molecule has 2 aromatic carbocycles. The van der Waals surface area contributed by atoms with Crippen molar-refractivity contribution in [2.24, 2.45) is 5.92 Å². The summed E-state index contributed by atoms with van der Waals surface area (Å²) in [6.07, 6.45) is 0.960. The Bertz CT molecular complexity index is 792. The quantitative estimate of drug-likeness (QED) is 0.805. The van der Waals surface area contributed by atoms with Gasteiger partial charge in [-0.05, 0) is 36.2 Å². The number of amides is 1. The summed E-state index contributed by atoms with van der Waals surface area (Å²) in [5, 5.41) is 2.07. The van der Waals surface area contributed by atoms with Gasteiger partial charge in [-0.15, -0.1) is 0 Å². The summed E-state index contributed by atoms with van der Waals surface area (Å²) in [7, 11) is 1.65. The van der Waals surface area contributed by atoms with Crippen molar-refractivity contribution < 1.29 is 14.4 Å². The number of ether oxygens (including phenoxy) is 1. The molecule has 1 aliphatic carbocycles. The first kappa shape index (κ1) is 14.9. The summed E-state index contributed by atoms with van der Waals surface area (Å²) >= 11 is 0. The fourth-order valence-corrected chi connectivity index (χ4v) is 4.46. The fourth-order valence-electron chi connectivity index (χ4n) is 4.46. The SMILES string of the molecule is COc1ccc(N2C(=O)[C@@H]3[C@H]2[C@@H]2C[C@H]3ON2Cc2ccccc2)cc1. The van der Waals surface area contributed by atoms with E-state index in [1.165, 1.54) is 5.56 Å². The van der Waals surface area contributed by atoms with Gasteiger partial charge in [-0.1, -0.05) is 30.3 Å². The number of nitrogens with zero attached hydrogens (tertiary/aromatic N) is 2. The highest BCUT2D eigenvalue weighted by molar-refractivity contribution is 6.04. The van der Waals surface area contributed by atoms with Gasteiger partial charge >= 0.3 is 0 Å². The van der Waals surface area contributed by atoms with Crippen LogP contribution in [-0.2, 0) is 16.2 Å². The molecule has 128 valence electrons. The van der Waals surface area contributed by atoms with Crippen LogP contribution in [0.2, 0.25) is 0 Å². The second kappa shape index (κ2) is 5.58. The van der Waals surface area contributed by atoms with Gasteiger partial charge in [0.15, 0.2) is 0 Å². The molecular formula is C20H20N2O3. The molecule has 4 atom stereocenters. The molecular weight excluding hydrogens is 316 g/mol. The Morgan fingerprint density at radius 3 is 2.60 bits per heavy atom. The fraction of sp³-hybridized carbons (Fsp3) is 0.350. The third-order valence-electron chi connectivity index (χ3n) is 5.63. The van der Waals surface area contributed by atoms with Crippen LogP contribution in [-0.4, -0.2) is 36.3 Å². The molecule has 5 nitrogen and oxygen atoms in total. The Morgan fingerprint density at radius 2 is 1.88 bits per heavy atom. The van der Waals surface area contributed by atoms with Crippen LogP contribution in [0.25, 0.3) is 0 Å². The van der Waals surface area contributed by atoms with E-state index >= 15 is 0 Å². The highest BCUT2D eigenvalue weighted by atomic mass is 16.7. The summed E-state index contributed by atoms with van der Waals surface area (Å²) in [5.41, 5.74) is 2.17. The van der Waals surface area contributed by atoms with E-state index in [0.29, 0.717) is 0 Å². The Hall–Kier alpha value is -2.37. The van der Waals surface area contributed by atoms with E-state index in [2.05, 4.69) is 17.2 Å². The van der Waals surface area contributed by atoms with Gasteiger partial charge in [0.05, 0.1) is 31.2 Å². The summed E-state index contributed by atoms with van der Waals surface area (Å²) < 4.78 is 5.22. The molecule has 1 amide bonds. The minimum absolute atomic E-state index is 0.0131. The maximum Gasteiger partial charge on any atom is 0.235 e. The number of hydrogen-bond donors (Lipinski definition) is 0. The lowest BCUT2D eigenvalue weighted by molar-refractivity contribution is -0.222. The van der Waals surface area contributed by atoms with Crippen LogP contribution in [0.4, 0.5) is 5.69 Å². The van der Waals surface area contributed by atoms with Crippen molar-refractivity contribution in [3.63, 3.8) is 0 Å². The molecule has 1 saturated carbocycles. The van der Waals surface area contributed by atoms with Gasteiger partial charge in [0, 0.05) is 12.2 Å². The Kier molecular flexibility index (Phi) is 3.33. The zero-order valence-electron chi connectivity index (χ0n) is 14.0. The number of carbonyl (C=O) groups excluding carboxylic acids is 1. The standard InChI is InChI=1S/C20H20N2O3/c1-24-15-9-7-14(8-10-15)22-19-16-11-17(18(19)20(22)23)25-21(16)12-13-5-3-2-4-6-13/h2-10,16-19H,11-12H2,1H3/t16-,17+,18-,19+/m0/s1. The van der Waals surface area contributed by atoms with Gasteiger partial charge in [0.25, 0.3) is 0 Å². The number of benzene rings is 2. The summed E-state index contributed by atoms with van der Waals surface area (Å²) in [6, 6.07) is 18.5. The van der Waals surface area contributed by atoms with Crippen molar-refractivity contribution in [3.8, 4) is 5.75 Å². The third-order valence-corrected chi connectivity index (χ3v) is 5.63. The highest BCUT2D eigenvalue weighted by Gasteiger charge is 2.66. The van der Waals surface area contributed by atoms with Crippen molar-refractivity contribution in [1.29, 1.82) is 0 Å². The molecule has 2 aliphatic heterocycles. The molecule has 25 heavy (non-hydrogen) atoms. The first-order valence-electron chi connectivity index (χ1n) is 8.71. The van der Waals surface area contributed by atoms with Crippen LogP contribution in [0.1, 0.15) is 12.0 Å². The molecule has 2 heterocycles. The van der Waals surface area contributed by atoms with Crippen LogP contribution in [0, 0.1) is 5.92 Å². The van der Waals surface area contributed by atoms with Crippen LogP contribution >= 0.6 is 0 Å². The number of fused-ring (bicyclic) bond motifs is 5. The molecule has 0 radical (unpaired) electrons. The van der Waals surface area contributed by atoms with Gasteiger partial charge in [-0.25, -0.2) is 0 Å². The summed E-state index contributed by atoms with van der Waals surface area (Å²) in [6.45, 7) is 0.760. The molecule has 2 aromatic rings. The molecule has 2 saturated heterocycles. The van der Waals surface area contributed by atoms with Gasteiger partial charge in [-0.3, -0.25) is 9.63 Å². The number of methoxy groups -OCH3 is 1. The molecule has 2 bridgehead atoms. The number of hydrogen-bond acceptors (Lipinski definition) is 4. The van der Waals surface area contributed by atoms with Gasteiger partial charge < -0.3 is 9.64 Å². The number of β-lactam (4-membered cyclic amide) rings is 1. The molecule has 5 heteroatoms. The molecule has 5 rings (SSSR count). The van der Waals surface area contributed by atoms with Crippen LogP contribution in [0.3, 0.4) is 0 Å². The Balaban J connectivity index is 1.37. The minimum atomic E-state index is 0.0131. The van der Waals surface area contributed by atoms with E-state index in [4.69, 9.17) is 9.57 Å². The van der Waals surface area contributed by atoms with Crippen molar-refractivity contribution in [1.82, 2.24) is 5.06 Å². The molecule has 0 unspecified atom stereocenters. The zero-order chi connectivity index (χ0) is 17.0. The summed E-state index contributed by atoms with van der Waals surface area (Å²) in [5.74, 6) is 0.997. The largest absolute Gasteiger partial charge is 0.497 e. The zero-order valence-corrected chi connectivity index (χ0v) is 14.0. The number of carbonyl (C=O) groups is 1. The number of rotatable bonds is 4. The van der Waals surface area contributed by atoms with E-state index < -0.39 is 0 Å². The van der Waals surface area contributed by atoms with E-state index in [0.717, 1.165) is 24.4 Å². The topological polar surface area (TPSA) is 42.0 Å². The first-order valence-corrected chi connectivity index (χ1v) is 8.71. The molecule has 0 spiro atoms. The number of anilines is 1. The Labute approximate surface area is 146 Å². The highest BCUT2D eigenvalue weighted by Crippen LogP contribution is 2.51. The normalized spacial score (nSPS) is 30.3. The predicted octanol–water partition coefficient (Wildman–Crippen LogP) is 2.61. The second-order valence-electron chi connectivity index (χ2n) is 6.93. The lowest BCUT2D eigenvalue weighted by atomic mass is 9.86. The van der Waals surface area contributed by atoms with E-state index in [1.807, 2.05) is 47.4 Å². The van der Waals surface area contributed by atoms with Gasteiger partial charge in [-0.2, -0.15) is 5.06 Å². The van der Waals surface area contributed by atoms with Gasteiger partial charge in [0.2, 0.25) is 5.91 Å². The third kappa shape index (κ3) is 2.19. The lowest BCUT2D eigenvalue weighted by Gasteiger charge is -2.51. The van der Waals surface area contributed by atoms with Gasteiger partial charge in [0.1, 0.15) is 5.75 Å². The van der Waals surface area contributed by atoms with E-state index in [1.54, 1.807) is 7.11 Å². The van der Waals surface area contributed by atoms with Crippen LogP contribution < -0.4 is 9.64 Å². The van der Waals surface area contributed by atoms with E-state index in [9.17, 15) is 4.79 Å². The Morgan fingerprint density at radius 1 is 1.12 bits per heavy atom. The van der Waals surface area contributed by atoms with Crippen molar-refractivity contribution in [2.45, 2.75) is 31.2 Å². The average molecular weight is 336 g/mol. The monoisotopic (exact) mass is 336 g/mol. The van der Waals surface area contributed by atoms with Crippen molar-refractivity contribution in [2.75, 3.05) is 12.0 Å². The first-order chi connectivity index (χ1) is 12.3.